The number of aromatic amines is 1. The van der Waals surface area contributed by atoms with E-state index in [1.165, 1.54) is 0 Å². The Labute approximate surface area is 132 Å². The van der Waals surface area contributed by atoms with Crippen LogP contribution in [-0.4, -0.2) is 10.8 Å². The Morgan fingerprint density at radius 2 is 2.00 bits per heavy atom. The fourth-order valence-corrected chi connectivity index (χ4v) is 2.97. The van der Waals surface area contributed by atoms with Crippen LogP contribution in [0.5, 0.6) is 0 Å². The highest BCUT2D eigenvalue weighted by molar-refractivity contribution is 14.1. The number of H-pyrrole nitrogens is 1. The first-order valence-electron chi connectivity index (χ1n) is 5.72. The van der Waals surface area contributed by atoms with Gasteiger partial charge in [-0.25, -0.2) is 0 Å². The predicted octanol–water partition coefficient (Wildman–Crippen LogP) is 4.77. The molecule has 0 saturated heterocycles. The number of aromatic nitrogens is 1. The van der Waals surface area contributed by atoms with E-state index in [0.717, 1.165) is 18.9 Å². The molecule has 0 fully saturated rings. The number of halogens is 2. The van der Waals surface area contributed by atoms with Gasteiger partial charge in [-0.2, -0.15) is 0 Å². The minimum atomic E-state index is 0.0443. The maximum Gasteiger partial charge on any atom is 0.195 e. The second-order valence-corrected chi connectivity index (χ2v) is 6.39. The maximum absolute atomic E-state index is 12.5. The van der Waals surface area contributed by atoms with Gasteiger partial charge in [-0.15, -0.1) is 0 Å². The quantitative estimate of drug-likeness (QED) is 0.465. The molecule has 0 aliphatic heterocycles. The van der Waals surface area contributed by atoms with Gasteiger partial charge in [-0.1, -0.05) is 28.1 Å². The van der Waals surface area contributed by atoms with Gasteiger partial charge in [0, 0.05) is 36.3 Å². The Balaban J connectivity index is 2.14. The second-order valence-electron chi connectivity index (χ2n) is 4.23. The average Bonchev–Trinajstić information content (AvgIpc) is 2.80. The summed E-state index contributed by atoms with van der Waals surface area (Å²) < 4.78 is 2.03. The van der Waals surface area contributed by atoms with Crippen LogP contribution in [0.4, 0.5) is 0 Å². The van der Waals surface area contributed by atoms with Gasteiger partial charge in [0.25, 0.3) is 0 Å². The van der Waals surface area contributed by atoms with Crippen LogP contribution >= 0.6 is 38.5 Å². The van der Waals surface area contributed by atoms with Gasteiger partial charge in [0.05, 0.1) is 0 Å². The Hall–Kier alpha value is -1.14. The third kappa shape index (κ3) is 2.47. The molecule has 0 radical (unpaired) electrons. The number of hydrogen-bond acceptors (Lipinski definition) is 1. The first kappa shape index (κ1) is 12.9. The minimum Gasteiger partial charge on any atom is -0.360 e. The van der Waals surface area contributed by atoms with E-state index in [1.54, 1.807) is 6.20 Å². The van der Waals surface area contributed by atoms with Crippen molar-refractivity contribution in [1.82, 2.24) is 4.98 Å². The van der Waals surface area contributed by atoms with Gasteiger partial charge < -0.3 is 4.98 Å². The highest BCUT2D eigenvalue weighted by Crippen LogP contribution is 2.25. The van der Waals surface area contributed by atoms with Crippen LogP contribution in [0.1, 0.15) is 15.9 Å². The van der Waals surface area contributed by atoms with Crippen molar-refractivity contribution < 1.29 is 4.79 Å². The SMILES string of the molecule is O=C(c1cccc(I)c1)c1c[nH]c2ccc(Br)cc12. The number of hydrogen-bond donors (Lipinski definition) is 1. The molecule has 0 unspecified atom stereocenters. The van der Waals surface area contributed by atoms with Gasteiger partial charge >= 0.3 is 0 Å². The van der Waals surface area contributed by atoms with Gasteiger partial charge in [0.15, 0.2) is 5.78 Å². The molecule has 1 heterocycles. The summed E-state index contributed by atoms with van der Waals surface area (Å²) in [5.74, 6) is 0.0443. The molecule has 0 bridgehead atoms. The molecule has 0 atom stereocenters. The molecule has 0 aliphatic rings. The van der Waals surface area contributed by atoms with E-state index in [2.05, 4.69) is 43.5 Å². The lowest BCUT2D eigenvalue weighted by Crippen LogP contribution is -2.00. The van der Waals surface area contributed by atoms with Crippen molar-refractivity contribution in [1.29, 1.82) is 0 Å². The molecule has 2 aromatic carbocycles. The summed E-state index contributed by atoms with van der Waals surface area (Å²) in [6.07, 6.45) is 1.78. The molecule has 0 aliphatic carbocycles. The molecule has 0 amide bonds. The summed E-state index contributed by atoms with van der Waals surface area (Å²) in [5, 5.41) is 0.943. The summed E-state index contributed by atoms with van der Waals surface area (Å²) >= 11 is 5.65. The highest BCUT2D eigenvalue weighted by Gasteiger charge is 2.14. The number of carbonyl (C=O) groups is 1. The fraction of sp³-hybridized carbons (Fsp3) is 0. The molecule has 0 saturated carbocycles. The number of carbonyl (C=O) groups excluding carboxylic acids is 1. The van der Waals surface area contributed by atoms with Crippen molar-refractivity contribution in [2.45, 2.75) is 0 Å². The maximum atomic E-state index is 12.5. The topological polar surface area (TPSA) is 32.9 Å². The summed E-state index contributed by atoms with van der Waals surface area (Å²) in [5.41, 5.74) is 2.39. The third-order valence-electron chi connectivity index (χ3n) is 2.98. The number of ketones is 1. The first-order chi connectivity index (χ1) is 9.15. The molecule has 3 rings (SSSR count). The molecule has 1 aromatic heterocycles. The molecule has 3 aromatic rings. The largest absolute Gasteiger partial charge is 0.360 e. The Morgan fingerprint density at radius 1 is 1.16 bits per heavy atom. The van der Waals surface area contributed by atoms with Gasteiger partial charge in [0.1, 0.15) is 0 Å². The van der Waals surface area contributed by atoms with Crippen LogP contribution in [0.25, 0.3) is 10.9 Å². The number of fused-ring (bicyclic) bond motifs is 1. The first-order valence-corrected chi connectivity index (χ1v) is 7.59. The zero-order valence-corrected chi connectivity index (χ0v) is 13.5. The summed E-state index contributed by atoms with van der Waals surface area (Å²) in [4.78, 5) is 15.7. The Morgan fingerprint density at radius 3 is 2.79 bits per heavy atom. The van der Waals surface area contributed by atoms with Crippen LogP contribution < -0.4 is 0 Å². The normalized spacial score (nSPS) is 10.8. The Kier molecular flexibility index (Phi) is 3.45. The van der Waals surface area contributed by atoms with E-state index in [-0.39, 0.29) is 5.78 Å². The molecule has 19 heavy (non-hydrogen) atoms. The average molecular weight is 426 g/mol. The standard InChI is InChI=1S/C15H9BrINO/c16-10-4-5-14-12(7-10)13(8-18-14)15(19)9-2-1-3-11(17)6-9/h1-8,18H. The monoisotopic (exact) mass is 425 g/mol. The minimum absolute atomic E-state index is 0.0443. The van der Waals surface area contributed by atoms with E-state index in [0.29, 0.717) is 11.1 Å². The molecule has 4 heteroatoms. The van der Waals surface area contributed by atoms with E-state index in [4.69, 9.17) is 0 Å². The Bertz CT molecular complexity index is 779. The number of benzene rings is 2. The van der Waals surface area contributed by atoms with E-state index < -0.39 is 0 Å². The number of nitrogens with one attached hydrogen (secondary N) is 1. The number of rotatable bonds is 2. The van der Waals surface area contributed by atoms with Gasteiger partial charge in [0.2, 0.25) is 0 Å². The lowest BCUT2D eigenvalue weighted by Gasteiger charge is -2.01. The third-order valence-corrected chi connectivity index (χ3v) is 4.14. The van der Waals surface area contributed by atoms with Crippen LogP contribution in [0, 0.1) is 3.57 Å². The summed E-state index contributed by atoms with van der Waals surface area (Å²) in [6, 6.07) is 13.5. The van der Waals surface area contributed by atoms with Crippen molar-refractivity contribution in [2.75, 3.05) is 0 Å². The van der Waals surface area contributed by atoms with Crippen molar-refractivity contribution in [3.63, 3.8) is 0 Å². The van der Waals surface area contributed by atoms with E-state index >= 15 is 0 Å². The predicted molar refractivity (Wildman–Crippen MR) is 88.6 cm³/mol. The van der Waals surface area contributed by atoms with Crippen LogP contribution in [0.3, 0.4) is 0 Å². The lowest BCUT2D eigenvalue weighted by molar-refractivity contribution is 0.104. The van der Waals surface area contributed by atoms with E-state index in [1.807, 2.05) is 42.5 Å². The van der Waals surface area contributed by atoms with Gasteiger partial charge in [-0.05, 0) is 52.9 Å². The van der Waals surface area contributed by atoms with Crippen LogP contribution in [-0.2, 0) is 0 Å². The molecular weight excluding hydrogens is 417 g/mol. The molecule has 1 N–H and O–H groups in total. The van der Waals surface area contributed by atoms with Crippen LogP contribution in [0.15, 0.2) is 53.1 Å². The zero-order valence-electron chi connectivity index (χ0n) is 9.78. The van der Waals surface area contributed by atoms with Crippen LogP contribution in [0.2, 0.25) is 0 Å². The van der Waals surface area contributed by atoms with E-state index in [9.17, 15) is 4.79 Å². The van der Waals surface area contributed by atoms with Gasteiger partial charge in [-0.3, -0.25) is 4.79 Å². The second kappa shape index (κ2) is 5.09. The van der Waals surface area contributed by atoms with Crippen molar-refractivity contribution in [3.8, 4) is 0 Å². The molecule has 2 nitrogen and oxygen atoms in total. The zero-order chi connectivity index (χ0) is 13.4. The molecule has 94 valence electrons. The smallest absolute Gasteiger partial charge is 0.195 e. The van der Waals surface area contributed by atoms with Crippen molar-refractivity contribution in [3.05, 3.63) is 67.8 Å². The highest BCUT2D eigenvalue weighted by atomic mass is 127. The fourth-order valence-electron chi connectivity index (χ4n) is 2.07. The molecule has 0 spiro atoms. The lowest BCUT2D eigenvalue weighted by atomic mass is 10.0. The summed E-state index contributed by atoms with van der Waals surface area (Å²) in [6.45, 7) is 0. The molecular formula is C15H9BrINO. The van der Waals surface area contributed by atoms with Crippen molar-refractivity contribution >= 4 is 55.2 Å². The summed E-state index contributed by atoms with van der Waals surface area (Å²) in [7, 11) is 0. The van der Waals surface area contributed by atoms with Crippen molar-refractivity contribution in [2.24, 2.45) is 0 Å².